The molecule has 0 heterocycles. The molecule has 0 rings (SSSR count). The van der Waals surface area contributed by atoms with Crippen molar-refractivity contribution in [2.75, 3.05) is 19.8 Å². The molecular weight excluding hydrogens is 268 g/mol. The number of hydrogen-bond donors (Lipinski definition) is 0. The van der Waals surface area contributed by atoms with Crippen LogP contribution in [0.5, 0.6) is 0 Å². The van der Waals surface area contributed by atoms with E-state index in [1.165, 1.54) is 0 Å². The summed E-state index contributed by atoms with van der Waals surface area (Å²) in [5.41, 5.74) is 0. The fraction of sp³-hybridized carbons (Fsp3) is 0.625. The first-order chi connectivity index (χ1) is 9.68. The Morgan fingerprint density at radius 2 is 1.00 bits per heavy atom. The predicted octanol–water partition coefficient (Wildman–Crippen LogP) is 4.50. The monoisotopic (exact) mass is 298 g/mol. The molecule has 4 heteroatoms. The molecule has 0 aromatic heterocycles. The van der Waals surface area contributed by atoms with E-state index in [4.69, 9.17) is 13.3 Å². The van der Waals surface area contributed by atoms with E-state index in [0.717, 1.165) is 38.5 Å². The molecule has 0 radical (unpaired) electrons. The number of allylic oxidation sites excluding steroid dienone is 3. The first-order valence-electron chi connectivity index (χ1n) is 7.43. The highest BCUT2D eigenvalue weighted by molar-refractivity contribution is 6.59. The van der Waals surface area contributed by atoms with E-state index in [-0.39, 0.29) is 0 Å². The van der Waals surface area contributed by atoms with Gasteiger partial charge in [-0.15, -0.1) is 19.7 Å². The summed E-state index contributed by atoms with van der Waals surface area (Å²) >= 11 is 0. The summed E-state index contributed by atoms with van der Waals surface area (Å²) in [6, 6.07) is 0. The van der Waals surface area contributed by atoms with E-state index >= 15 is 0 Å². The Bertz CT molecular complexity index is 226. The van der Waals surface area contributed by atoms with Crippen LogP contribution in [0.15, 0.2) is 38.0 Å². The van der Waals surface area contributed by atoms with Gasteiger partial charge in [-0.25, -0.2) is 0 Å². The largest absolute Gasteiger partial charge is 0.497 e. The highest BCUT2D eigenvalue weighted by atomic mass is 28.4. The Balaban J connectivity index is 4.07. The van der Waals surface area contributed by atoms with Gasteiger partial charge in [0.2, 0.25) is 0 Å². The molecule has 0 saturated heterocycles. The van der Waals surface area contributed by atoms with Crippen molar-refractivity contribution >= 4 is 8.80 Å². The smallest absolute Gasteiger partial charge is 0.374 e. The molecule has 0 aromatic carbocycles. The van der Waals surface area contributed by atoms with Crippen LogP contribution in [0.25, 0.3) is 0 Å². The third-order valence-corrected chi connectivity index (χ3v) is 4.94. The summed E-state index contributed by atoms with van der Waals surface area (Å²) in [4.78, 5) is 0. The van der Waals surface area contributed by atoms with Gasteiger partial charge in [-0.05, 0) is 38.5 Å². The molecule has 0 spiro atoms. The third-order valence-electron chi connectivity index (χ3n) is 2.75. The lowest BCUT2D eigenvalue weighted by atomic mass is 10.3. The quantitative estimate of drug-likeness (QED) is 0.253. The van der Waals surface area contributed by atoms with Crippen molar-refractivity contribution in [2.24, 2.45) is 0 Å². The lowest BCUT2D eigenvalue weighted by Gasteiger charge is -2.26. The lowest BCUT2D eigenvalue weighted by Crippen LogP contribution is -2.43. The standard InChI is InChI=1S/C16H30O3Si/c1-5-8-11-14-17-20(4,18-15-12-9-6-2)19-16-13-10-7-3/h5-7H,1-3,8-16H2,4H3. The molecule has 0 aliphatic rings. The molecular formula is C16H30O3Si. The maximum Gasteiger partial charge on any atom is 0.497 e. The second kappa shape index (κ2) is 13.3. The van der Waals surface area contributed by atoms with Crippen LogP contribution >= 0.6 is 0 Å². The minimum Gasteiger partial charge on any atom is -0.374 e. The van der Waals surface area contributed by atoms with Gasteiger partial charge >= 0.3 is 8.80 Å². The van der Waals surface area contributed by atoms with Crippen LogP contribution in [0.1, 0.15) is 38.5 Å². The third kappa shape index (κ3) is 11.2. The maximum atomic E-state index is 5.89. The molecule has 0 saturated carbocycles. The number of hydrogen-bond acceptors (Lipinski definition) is 3. The van der Waals surface area contributed by atoms with Gasteiger partial charge < -0.3 is 13.3 Å². The van der Waals surface area contributed by atoms with Crippen LogP contribution in [0, 0.1) is 0 Å². The van der Waals surface area contributed by atoms with Gasteiger partial charge in [-0.3, -0.25) is 0 Å². The van der Waals surface area contributed by atoms with Crippen molar-refractivity contribution in [1.82, 2.24) is 0 Å². The number of unbranched alkanes of at least 4 members (excludes halogenated alkanes) is 3. The normalized spacial score (nSPS) is 11.2. The molecule has 116 valence electrons. The van der Waals surface area contributed by atoms with Crippen LogP contribution in [0.3, 0.4) is 0 Å². The average Bonchev–Trinajstić information content (AvgIpc) is 2.45. The molecule has 0 aliphatic heterocycles. The minimum absolute atomic E-state index is 0.664. The van der Waals surface area contributed by atoms with Crippen LogP contribution in [-0.4, -0.2) is 28.6 Å². The van der Waals surface area contributed by atoms with E-state index in [2.05, 4.69) is 19.7 Å². The van der Waals surface area contributed by atoms with Crippen LogP contribution in [0.2, 0.25) is 6.55 Å². The summed E-state index contributed by atoms with van der Waals surface area (Å²) in [5, 5.41) is 0. The van der Waals surface area contributed by atoms with Crippen molar-refractivity contribution in [3.63, 3.8) is 0 Å². The molecule has 0 bridgehead atoms. The van der Waals surface area contributed by atoms with Gasteiger partial charge in [0, 0.05) is 26.4 Å². The molecule has 20 heavy (non-hydrogen) atoms. The van der Waals surface area contributed by atoms with E-state index in [1.807, 2.05) is 24.8 Å². The van der Waals surface area contributed by atoms with Crippen molar-refractivity contribution in [2.45, 2.75) is 45.1 Å². The summed E-state index contributed by atoms with van der Waals surface area (Å²) in [5.74, 6) is 0. The Morgan fingerprint density at radius 1 is 0.700 bits per heavy atom. The van der Waals surface area contributed by atoms with E-state index < -0.39 is 8.80 Å². The van der Waals surface area contributed by atoms with Gasteiger partial charge in [0.05, 0.1) is 0 Å². The van der Waals surface area contributed by atoms with Gasteiger partial charge in [-0.2, -0.15) is 0 Å². The van der Waals surface area contributed by atoms with Gasteiger partial charge in [-0.1, -0.05) is 18.2 Å². The molecule has 0 aliphatic carbocycles. The Kier molecular flexibility index (Phi) is 12.9. The van der Waals surface area contributed by atoms with Crippen molar-refractivity contribution < 1.29 is 13.3 Å². The van der Waals surface area contributed by atoms with E-state index in [9.17, 15) is 0 Å². The first kappa shape index (κ1) is 19.3. The molecule has 0 fully saturated rings. The fourth-order valence-corrected chi connectivity index (χ4v) is 3.38. The van der Waals surface area contributed by atoms with Gasteiger partial charge in [0.15, 0.2) is 0 Å². The van der Waals surface area contributed by atoms with Crippen molar-refractivity contribution in [1.29, 1.82) is 0 Å². The fourth-order valence-electron chi connectivity index (χ4n) is 1.58. The van der Waals surface area contributed by atoms with Gasteiger partial charge in [0.25, 0.3) is 0 Å². The summed E-state index contributed by atoms with van der Waals surface area (Å²) in [6.07, 6.45) is 11.4. The molecule has 0 aromatic rings. The highest BCUT2D eigenvalue weighted by Crippen LogP contribution is 2.13. The number of rotatable bonds is 15. The predicted molar refractivity (Wildman–Crippen MR) is 87.8 cm³/mol. The van der Waals surface area contributed by atoms with Crippen molar-refractivity contribution in [3.05, 3.63) is 38.0 Å². The first-order valence-corrected chi connectivity index (χ1v) is 9.65. The summed E-state index contributed by atoms with van der Waals surface area (Å²) < 4.78 is 17.7. The zero-order chi connectivity index (χ0) is 15.1. The summed E-state index contributed by atoms with van der Waals surface area (Å²) in [7, 11) is -2.50. The average molecular weight is 298 g/mol. The zero-order valence-corrected chi connectivity index (χ0v) is 13.9. The Labute approximate surface area is 125 Å². The van der Waals surface area contributed by atoms with Crippen LogP contribution < -0.4 is 0 Å². The molecule has 3 nitrogen and oxygen atoms in total. The minimum atomic E-state index is -2.50. The second-order valence-corrected chi connectivity index (χ2v) is 7.29. The van der Waals surface area contributed by atoms with Crippen LogP contribution in [-0.2, 0) is 13.3 Å². The summed E-state index contributed by atoms with van der Waals surface area (Å²) in [6.45, 7) is 15.1. The second-order valence-electron chi connectivity index (χ2n) is 4.70. The topological polar surface area (TPSA) is 27.7 Å². The van der Waals surface area contributed by atoms with Crippen LogP contribution in [0.4, 0.5) is 0 Å². The molecule has 0 unspecified atom stereocenters. The zero-order valence-electron chi connectivity index (χ0n) is 12.9. The van der Waals surface area contributed by atoms with E-state index in [0.29, 0.717) is 19.8 Å². The van der Waals surface area contributed by atoms with E-state index in [1.54, 1.807) is 0 Å². The SMILES string of the molecule is C=CCCCO[Si](C)(OCCCC=C)OCCCC=C. The molecule has 0 amide bonds. The Hall–Kier alpha value is -0.683. The van der Waals surface area contributed by atoms with Gasteiger partial charge in [0.1, 0.15) is 0 Å². The molecule has 0 atom stereocenters. The lowest BCUT2D eigenvalue weighted by molar-refractivity contribution is 0.0637. The highest BCUT2D eigenvalue weighted by Gasteiger charge is 2.34. The maximum absolute atomic E-state index is 5.89. The Morgan fingerprint density at radius 3 is 1.25 bits per heavy atom. The molecule has 0 N–H and O–H groups in total. The van der Waals surface area contributed by atoms with Crippen molar-refractivity contribution in [3.8, 4) is 0 Å².